The molecule has 10 rings (SSSR count). The van der Waals surface area contributed by atoms with Gasteiger partial charge in [-0.3, -0.25) is 24.6 Å². The number of aromatic nitrogens is 2. The molecule has 13 nitrogen and oxygen atoms in total. The van der Waals surface area contributed by atoms with E-state index in [1.807, 2.05) is 36.4 Å². The number of nitrogens with one attached hydrogen (secondary N) is 2. The number of fused-ring (bicyclic) bond motifs is 5. The van der Waals surface area contributed by atoms with E-state index in [2.05, 4.69) is 53.4 Å². The third-order valence-electron chi connectivity index (χ3n) is 13.7. The van der Waals surface area contributed by atoms with Crippen molar-refractivity contribution in [2.24, 2.45) is 23.7 Å². The zero-order chi connectivity index (χ0) is 37.5. The Morgan fingerprint density at radius 1 is 0.909 bits per heavy atom. The minimum absolute atomic E-state index is 0.00267. The minimum atomic E-state index is -0.947. The van der Waals surface area contributed by atoms with Gasteiger partial charge in [-0.15, -0.1) is 10.2 Å². The molecule has 1 aromatic heterocycles. The first-order chi connectivity index (χ1) is 26.7. The van der Waals surface area contributed by atoms with Crippen LogP contribution in [-0.2, 0) is 16.1 Å². The number of piperidine rings is 3. The number of benzene rings is 2. The molecule has 0 spiro atoms. The summed E-state index contributed by atoms with van der Waals surface area (Å²) < 4.78 is 15.8. The number of aromatic hydroxyl groups is 1. The lowest BCUT2D eigenvalue weighted by Crippen LogP contribution is -2.61. The molecule has 4 saturated heterocycles. The molecule has 0 radical (unpaired) electrons. The van der Waals surface area contributed by atoms with Gasteiger partial charge in [0.05, 0.1) is 17.4 Å². The van der Waals surface area contributed by atoms with Gasteiger partial charge >= 0.3 is 0 Å². The minimum Gasteiger partial charge on any atom is -0.507 e. The zero-order valence-electron chi connectivity index (χ0n) is 31.1. The van der Waals surface area contributed by atoms with E-state index < -0.39 is 18.1 Å². The number of imide groups is 1. The van der Waals surface area contributed by atoms with Crippen molar-refractivity contribution in [3.63, 3.8) is 0 Å². The van der Waals surface area contributed by atoms with E-state index in [0.717, 1.165) is 81.5 Å². The van der Waals surface area contributed by atoms with Gasteiger partial charge in [0.2, 0.25) is 11.8 Å². The third-order valence-corrected chi connectivity index (χ3v) is 13.7. The Morgan fingerprint density at radius 2 is 1.75 bits per heavy atom. The number of piperazine rings is 1. The van der Waals surface area contributed by atoms with Crippen LogP contribution in [0.15, 0.2) is 48.5 Å². The molecule has 8 atom stereocenters. The molecule has 0 bridgehead atoms. The maximum atomic E-state index is 15.8. The van der Waals surface area contributed by atoms with Crippen molar-refractivity contribution in [2.75, 3.05) is 74.0 Å². The number of likely N-dealkylation sites (tertiary alicyclic amines) is 1. The fourth-order valence-electron chi connectivity index (χ4n) is 10.5. The predicted molar refractivity (Wildman–Crippen MR) is 204 cm³/mol. The summed E-state index contributed by atoms with van der Waals surface area (Å²) in [5.41, 5.74) is 4.68. The second kappa shape index (κ2) is 13.4. The number of hydrogen-bond donors (Lipinski definition) is 3. The summed E-state index contributed by atoms with van der Waals surface area (Å²) in [6.45, 7) is 10.5. The number of anilines is 3. The molecular formula is C41H48FN9O4. The number of para-hydroxylation sites is 1. The van der Waals surface area contributed by atoms with Crippen molar-refractivity contribution in [1.29, 1.82) is 0 Å². The van der Waals surface area contributed by atoms with Crippen molar-refractivity contribution < 1.29 is 23.9 Å². The number of nitrogens with zero attached hydrogens (tertiary/aromatic N) is 7. The Bertz CT molecular complexity index is 2040. The SMILES string of the molecule is C[C@H]1CN2c3cc(-c4ccccc4O)nnc3NC[C@H]2CN1C[C@H]1[C@@H]2CN(C[C@H]3CCN(c4ccc5c(c4)C(=O)N(C4CCC(=O)NC4=O)C5)C[C@@H]3F)C[C@@H]21. The number of hydrogen-bond acceptors (Lipinski definition) is 11. The Balaban J connectivity index is 0.705. The molecular weight excluding hydrogens is 702 g/mol. The summed E-state index contributed by atoms with van der Waals surface area (Å²) in [4.78, 5) is 48.7. The second-order valence-electron chi connectivity index (χ2n) is 16.9. The van der Waals surface area contributed by atoms with Crippen molar-refractivity contribution in [3.8, 4) is 17.0 Å². The molecule has 3 aromatic rings. The first-order valence-electron chi connectivity index (χ1n) is 20.0. The number of rotatable bonds is 7. The average molecular weight is 750 g/mol. The van der Waals surface area contributed by atoms with Crippen LogP contribution in [0.4, 0.5) is 21.6 Å². The van der Waals surface area contributed by atoms with Gasteiger partial charge in [0.15, 0.2) is 5.82 Å². The molecule has 7 heterocycles. The Morgan fingerprint density at radius 3 is 2.55 bits per heavy atom. The van der Waals surface area contributed by atoms with Crippen LogP contribution in [0.5, 0.6) is 5.75 Å². The molecule has 1 saturated carbocycles. The molecule has 3 N–H and O–H groups in total. The summed E-state index contributed by atoms with van der Waals surface area (Å²) >= 11 is 0. The molecule has 14 heteroatoms. The number of halogens is 1. The molecule has 55 heavy (non-hydrogen) atoms. The van der Waals surface area contributed by atoms with Gasteiger partial charge in [-0.1, -0.05) is 18.2 Å². The monoisotopic (exact) mass is 749 g/mol. The smallest absolute Gasteiger partial charge is 0.255 e. The van der Waals surface area contributed by atoms with E-state index in [1.54, 1.807) is 11.0 Å². The lowest BCUT2D eigenvalue weighted by molar-refractivity contribution is -0.136. The van der Waals surface area contributed by atoms with Crippen molar-refractivity contribution >= 4 is 34.9 Å². The highest BCUT2D eigenvalue weighted by atomic mass is 19.1. The van der Waals surface area contributed by atoms with Crippen LogP contribution in [-0.4, -0.2) is 131 Å². The van der Waals surface area contributed by atoms with Gasteiger partial charge < -0.3 is 30.0 Å². The van der Waals surface area contributed by atoms with E-state index >= 15 is 4.39 Å². The zero-order valence-corrected chi connectivity index (χ0v) is 31.1. The molecule has 5 fully saturated rings. The topological polar surface area (TPSA) is 137 Å². The summed E-state index contributed by atoms with van der Waals surface area (Å²) in [5.74, 6) is 2.16. The number of amides is 3. The maximum absolute atomic E-state index is 15.8. The standard InChI is InChI=1S/C41H48FN9O4/c1-23-15-50-27(14-43-39-36(50)13-34(45-46-39)28-4-2-3-5-37(28)52)18-49(23)21-32-30-19-47(20-31(30)32)16-25-10-11-48(22-33(25)42)26-7-6-24-17-51(41(55)29(24)12-26)35-8-9-38(53)44-40(35)54/h2-7,12-13,23,25,27,30-33,35,52H,8-11,14-22H2,1H3,(H,43,46)(H,44,53,54)/t23-,25+,27-,30-,31+,32+,33-,35?/m0/s1. The Kier molecular flexibility index (Phi) is 8.47. The van der Waals surface area contributed by atoms with Gasteiger partial charge in [-0.05, 0) is 73.4 Å². The molecule has 2 aromatic carbocycles. The van der Waals surface area contributed by atoms with Crippen LogP contribution in [0.25, 0.3) is 11.3 Å². The van der Waals surface area contributed by atoms with Gasteiger partial charge in [0, 0.05) is 101 Å². The fraction of sp³-hybridized carbons (Fsp3) is 0.537. The molecule has 1 aliphatic carbocycles. The first-order valence-corrected chi connectivity index (χ1v) is 20.0. The first kappa shape index (κ1) is 34.7. The number of phenols is 1. The second-order valence-corrected chi connectivity index (χ2v) is 16.9. The van der Waals surface area contributed by atoms with E-state index in [9.17, 15) is 19.5 Å². The van der Waals surface area contributed by atoms with Crippen LogP contribution < -0.4 is 20.4 Å². The van der Waals surface area contributed by atoms with Gasteiger partial charge in [-0.25, -0.2) is 4.39 Å². The molecule has 7 aliphatic rings. The van der Waals surface area contributed by atoms with Gasteiger partial charge in [-0.2, -0.15) is 0 Å². The highest BCUT2D eigenvalue weighted by molar-refractivity contribution is 6.05. The maximum Gasteiger partial charge on any atom is 0.255 e. The molecule has 1 unspecified atom stereocenters. The van der Waals surface area contributed by atoms with Gasteiger partial charge in [0.25, 0.3) is 5.91 Å². The lowest BCUT2D eigenvalue weighted by Gasteiger charge is -2.49. The van der Waals surface area contributed by atoms with E-state index in [-0.39, 0.29) is 29.9 Å². The lowest BCUT2D eigenvalue weighted by atomic mass is 9.93. The van der Waals surface area contributed by atoms with E-state index in [0.29, 0.717) is 66.2 Å². The van der Waals surface area contributed by atoms with Gasteiger partial charge in [0.1, 0.15) is 18.0 Å². The van der Waals surface area contributed by atoms with Crippen molar-refractivity contribution in [1.82, 2.24) is 30.2 Å². The van der Waals surface area contributed by atoms with Crippen LogP contribution in [0.3, 0.4) is 0 Å². The number of carbonyl (C=O) groups excluding carboxylic acids is 3. The summed E-state index contributed by atoms with van der Waals surface area (Å²) in [5, 5.41) is 25.2. The molecule has 6 aliphatic heterocycles. The van der Waals surface area contributed by atoms with Crippen LogP contribution >= 0.6 is 0 Å². The molecule has 3 amide bonds. The Labute approximate surface area is 319 Å². The summed E-state index contributed by atoms with van der Waals surface area (Å²) in [6.07, 6.45) is 0.378. The number of alkyl halides is 1. The number of phenolic OH excluding ortho intramolecular Hbond substituents is 1. The highest BCUT2D eigenvalue weighted by Gasteiger charge is 2.56. The average Bonchev–Trinajstić information content (AvgIpc) is 3.45. The van der Waals surface area contributed by atoms with E-state index in [4.69, 9.17) is 0 Å². The fourth-order valence-corrected chi connectivity index (χ4v) is 10.5. The summed E-state index contributed by atoms with van der Waals surface area (Å²) in [7, 11) is 0. The Hall–Kier alpha value is -4.82. The molecule has 288 valence electrons. The predicted octanol–water partition coefficient (Wildman–Crippen LogP) is 2.96. The highest BCUT2D eigenvalue weighted by Crippen LogP contribution is 2.53. The van der Waals surface area contributed by atoms with Crippen molar-refractivity contribution in [2.45, 2.75) is 57.0 Å². The number of carbonyl (C=O) groups is 3. The normalized spacial score (nSPS) is 31.7. The van der Waals surface area contributed by atoms with E-state index in [1.165, 1.54) is 0 Å². The summed E-state index contributed by atoms with van der Waals surface area (Å²) in [6, 6.07) is 15.1. The van der Waals surface area contributed by atoms with Crippen molar-refractivity contribution in [3.05, 3.63) is 59.7 Å². The van der Waals surface area contributed by atoms with Crippen LogP contribution in [0, 0.1) is 23.7 Å². The third kappa shape index (κ3) is 6.17. The van der Waals surface area contributed by atoms with Crippen LogP contribution in [0.1, 0.15) is 42.1 Å². The van der Waals surface area contributed by atoms with Crippen LogP contribution in [0.2, 0.25) is 0 Å². The largest absolute Gasteiger partial charge is 0.507 e. The quantitative estimate of drug-likeness (QED) is 0.308.